The van der Waals surface area contributed by atoms with Crippen LogP contribution in [0.2, 0.25) is 0 Å². The lowest BCUT2D eigenvalue weighted by Crippen LogP contribution is -2.35. The van der Waals surface area contributed by atoms with E-state index < -0.39 is 48.1 Å². The molecule has 2 aliphatic rings. The topological polar surface area (TPSA) is 125 Å². The Kier molecular flexibility index (Phi) is 9.16. The summed E-state index contributed by atoms with van der Waals surface area (Å²) >= 11 is 0. The first kappa shape index (κ1) is 26.1. The first-order valence-electron chi connectivity index (χ1n) is 10.6. The predicted molar refractivity (Wildman–Crippen MR) is 116 cm³/mol. The van der Waals surface area contributed by atoms with E-state index in [4.69, 9.17) is 24.1 Å². The molecule has 0 bridgehead atoms. The zero-order valence-electron chi connectivity index (χ0n) is 19.3. The zero-order chi connectivity index (χ0) is 24.7. The van der Waals surface area contributed by atoms with Crippen molar-refractivity contribution in [2.24, 2.45) is 5.92 Å². The molecule has 33 heavy (non-hydrogen) atoms. The molecule has 180 valence electrons. The fourth-order valence-corrected chi connectivity index (χ4v) is 3.69. The maximum atomic E-state index is 12.6. The molecule has 4 atom stereocenters. The highest BCUT2D eigenvalue weighted by atomic mass is 16.6. The fraction of sp³-hybridized carbons (Fsp3) is 0.500. The summed E-state index contributed by atoms with van der Waals surface area (Å²) in [7, 11) is 0. The molecule has 0 amide bonds. The Balaban J connectivity index is 2.50. The zero-order valence-corrected chi connectivity index (χ0v) is 19.3. The largest absolute Gasteiger partial charge is 0.461 e. The third-order valence-corrected chi connectivity index (χ3v) is 5.43. The molecular weight excluding hydrogens is 432 g/mol. The number of ether oxygens (including phenoxy) is 4. The van der Waals surface area contributed by atoms with Gasteiger partial charge in [0.1, 0.15) is 24.9 Å². The van der Waals surface area contributed by atoms with E-state index in [9.17, 15) is 19.2 Å². The van der Waals surface area contributed by atoms with Crippen molar-refractivity contribution < 1.29 is 43.2 Å². The van der Waals surface area contributed by atoms with E-state index in [1.807, 2.05) is 0 Å². The predicted octanol–water partition coefficient (Wildman–Crippen LogP) is 2.10. The third kappa shape index (κ3) is 7.15. The van der Waals surface area contributed by atoms with Crippen LogP contribution in [0.3, 0.4) is 0 Å². The van der Waals surface area contributed by atoms with Gasteiger partial charge in [-0.05, 0) is 37.1 Å². The quantitative estimate of drug-likeness (QED) is 0.273. The van der Waals surface area contributed by atoms with Crippen LogP contribution in [0.5, 0.6) is 0 Å². The maximum absolute atomic E-state index is 12.6. The molecule has 0 aromatic carbocycles. The summed E-state index contributed by atoms with van der Waals surface area (Å²) in [4.78, 5) is 48.0. The molecule has 0 unspecified atom stereocenters. The Morgan fingerprint density at radius 3 is 2.52 bits per heavy atom. The molecule has 0 saturated carbocycles. The lowest BCUT2D eigenvalue weighted by Gasteiger charge is -2.29. The standard InChI is InChI=1S/C24H30O9/c1-13(8-9-25)23(28)32-21-11-18(12-30-16(4)26)6-7-19(31-17(5)27)14(2)10-20-22(21)15(3)24(29)33-20/h6,8,10,19-22,25H,3,7,9,11-12H2,1-2,4-5H3/b13-8+,14-10-,18-6-/t19-,20+,21+,22-/m0/s1. The van der Waals surface area contributed by atoms with Gasteiger partial charge >= 0.3 is 23.9 Å². The highest BCUT2D eigenvalue weighted by molar-refractivity contribution is 5.92. The van der Waals surface area contributed by atoms with Crippen molar-refractivity contribution in [3.8, 4) is 0 Å². The monoisotopic (exact) mass is 462 g/mol. The highest BCUT2D eigenvalue weighted by Crippen LogP contribution is 2.37. The van der Waals surface area contributed by atoms with Gasteiger partial charge in [-0.3, -0.25) is 9.59 Å². The molecule has 2 rings (SSSR count). The van der Waals surface area contributed by atoms with Crippen molar-refractivity contribution >= 4 is 23.9 Å². The summed E-state index contributed by atoms with van der Waals surface area (Å²) in [5.74, 6) is -2.95. The Bertz CT molecular complexity index is 909. The van der Waals surface area contributed by atoms with Crippen LogP contribution in [0.15, 0.2) is 47.1 Å². The van der Waals surface area contributed by atoms with Crippen LogP contribution in [0, 0.1) is 5.92 Å². The van der Waals surface area contributed by atoms with E-state index in [-0.39, 0.29) is 37.2 Å². The van der Waals surface area contributed by atoms with Crippen molar-refractivity contribution in [2.45, 2.75) is 58.8 Å². The molecule has 0 spiro atoms. The van der Waals surface area contributed by atoms with Crippen LogP contribution in [-0.4, -0.2) is 60.5 Å². The van der Waals surface area contributed by atoms with E-state index in [0.29, 0.717) is 11.1 Å². The minimum atomic E-state index is -0.861. The average Bonchev–Trinajstić information content (AvgIpc) is 3.00. The van der Waals surface area contributed by atoms with Gasteiger partial charge in [-0.2, -0.15) is 0 Å². The molecule has 1 saturated heterocycles. The number of rotatable bonds is 6. The van der Waals surface area contributed by atoms with Gasteiger partial charge in [-0.25, -0.2) is 9.59 Å². The van der Waals surface area contributed by atoms with Crippen LogP contribution in [0.25, 0.3) is 0 Å². The van der Waals surface area contributed by atoms with Gasteiger partial charge < -0.3 is 24.1 Å². The number of carbonyl (C=O) groups is 4. The molecule has 1 fully saturated rings. The lowest BCUT2D eigenvalue weighted by molar-refractivity contribution is -0.148. The van der Waals surface area contributed by atoms with E-state index in [2.05, 4.69) is 6.58 Å². The summed E-state index contributed by atoms with van der Waals surface area (Å²) < 4.78 is 21.8. The van der Waals surface area contributed by atoms with Crippen molar-refractivity contribution in [3.63, 3.8) is 0 Å². The Morgan fingerprint density at radius 2 is 1.91 bits per heavy atom. The average molecular weight is 462 g/mol. The summed E-state index contributed by atoms with van der Waals surface area (Å²) in [6, 6.07) is 0. The first-order chi connectivity index (χ1) is 15.5. The van der Waals surface area contributed by atoms with Gasteiger partial charge in [0.2, 0.25) is 0 Å². The summed E-state index contributed by atoms with van der Waals surface area (Å²) in [5.41, 5.74) is 1.61. The second kappa shape index (κ2) is 11.6. The van der Waals surface area contributed by atoms with Gasteiger partial charge in [0.25, 0.3) is 0 Å². The number of aliphatic hydroxyl groups is 1. The summed E-state index contributed by atoms with van der Waals surface area (Å²) in [6.45, 7) is 9.26. The number of fused-ring (bicyclic) bond motifs is 1. The van der Waals surface area contributed by atoms with Crippen molar-refractivity contribution in [1.82, 2.24) is 0 Å². The highest BCUT2D eigenvalue weighted by Gasteiger charge is 2.45. The van der Waals surface area contributed by atoms with Crippen LogP contribution in [0.4, 0.5) is 0 Å². The van der Waals surface area contributed by atoms with Gasteiger partial charge in [0, 0.05) is 37.8 Å². The molecule has 9 heteroatoms. The van der Waals surface area contributed by atoms with Crippen molar-refractivity contribution in [1.29, 1.82) is 0 Å². The van der Waals surface area contributed by atoms with E-state index >= 15 is 0 Å². The minimum Gasteiger partial charge on any atom is -0.461 e. The van der Waals surface area contributed by atoms with Gasteiger partial charge in [0.05, 0.1) is 12.5 Å². The van der Waals surface area contributed by atoms with E-state index in [1.54, 1.807) is 19.1 Å². The molecule has 1 aliphatic heterocycles. The number of aliphatic hydroxyl groups excluding tert-OH is 1. The SMILES string of the molecule is C=C1C(=O)O[C@@H]2/C=C(/C)[C@@H](OC(C)=O)C/C=C(\COC(C)=O)C[C@@H](OC(=O)/C(C)=C/CO)[C@@H]12. The number of hydrogen-bond donors (Lipinski definition) is 1. The third-order valence-electron chi connectivity index (χ3n) is 5.43. The van der Waals surface area contributed by atoms with Gasteiger partial charge in [0.15, 0.2) is 0 Å². The van der Waals surface area contributed by atoms with Crippen molar-refractivity contribution in [2.75, 3.05) is 13.2 Å². The molecule has 1 heterocycles. The van der Waals surface area contributed by atoms with Crippen LogP contribution in [0.1, 0.15) is 40.5 Å². The lowest BCUT2D eigenvalue weighted by atomic mass is 9.85. The number of hydrogen-bond acceptors (Lipinski definition) is 9. The number of esters is 4. The molecule has 1 N–H and O–H groups in total. The van der Waals surface area contributed by atoms with Crippen molar-refractivity contribution in [3.05, 3.63) is 47.1 Å². The van der Waals surface area contributed by atoms with Gasteiger partial charge in [-0.1, -0.05) is 12.7 Å². The van der Waals surface area contributed by atoms with E-state index in [1.165, 1.54) is 26.8 Å². The Labute approximate surface area is 192 Å². The first-order valence-corrected chi connectivity index (χ1v) is 10.6. The normalized spacial score (nSPS) is 28.9. The summed E-state index contributed by atoms with van der Waals surface area (Å²) in [5, 5.41) is 9.09. The second-order valence-electron chi connectivity index (χ2n) is 8.03. The Morgan fingerprint density at radius 1 is 1.21 bits per heavy atom. The maximum Gasteiger partial charge on any atom is 0.334 e. The minimum absolute atomic E-state index is 0.0664. The molecule has 9 nitrogen and oxygen atoms in total. The molecule has 0 radical (unpaired) electrons. The van der Waals surface area contributed by atoms with Crippen LogP contribution in [-0.2, 0) is 38.1 Å². The van der Waals surface area contributed by atoms with Crippen LogP contribution >= 0.6 is 0 Å². The fourth-order valence-electron chi connectivity index (χ4n) is 3.69. The second-order valence-corrected chi connectivity index (χ2v) is 8.03. The summed E-state index contributed by atoms with van der Waals surface area (Å²) in [6.07, 6.45) is 2.90. The molecule has 0 aromatic rings. The van der Waals surface area contributed by atoms with Crippen LogP contribution < -0.4 is 0 Å². The molecular formula is C24H30O9. The molecule has 0 aromatic heterocycles. The van der Waals surface area contributed by atoms with Gasteiger partial charge in [-0.15, -0.1) is 0 Å². The molecule has 1 aliphatic carbocycles. The smallest absolute Gasteiger partial charge is 0.334 e. The number of carbonyl (C=O) groups excluding carboxylic acids is 4. The Hall–Kier alpha value is -3.20. The van der Waals surface area contributed by atoms with E-state index in [0.717, 1.165) is 0 Å².